The standard InChI is InChI=1S/C8H17N3/c1-9-5-2-4-8-10-6-3-7-11-8/h9H,2-7H2,1H3,(H,10,11). The fourth-order valence-corrected chi connectivity index (χ4v) is 1.18. The van der Waals surface area contributed by atoms with Crippen molar-refractivity contribution in [3.63, 3.8) is 0 Å². The van der Waals surface area contributed by atoms with Gasteiger partial charge in [-0.25, -0.2) is 0 Å². The average Bonchev–Trinajstić information content (AvgIpc) is 2.07. The summed E-state index contributed by atoms with van der Waals surface area (Å²) < 4.78 is 0. The number of hydrogen-bond acceptors (Lipinski definition) is 3. The zero-order chi connectivity index (χ0) is 7.94. The van der Waals surface area contributed by atoms with E-state index in [0.717, 1.165) is 26.1 Å². The van der Waals surface area contributed by atoms with E-state index in [2.05, 4.69) is 15.6 Å². The first-order valence-electron chi connectivity index (χ1n) is 4.35. The molecule has 0 bridgehead atoms. The molecule has 2 N–H and O–H groups in total. The predicted octanol–water partition coefficient (Wildman–Crippen LogP) is 0.378. The van der Waals surface area contributed by atoms with Crippen molar-refractivity contribution in [1.82, 2.24) is 10.6 Å². The van der Waals surface area contributed by atoms with Crippen LogP contribution in [0.4, 0.5) is 0 Å². The minimum absolute atomic E-state index is 1.02. The number of aliphatic imine (C=N–C) groups is 1. The van der Waals surface area contributed by atoms with Crippen LogP contribution in [-0.2, 0) is 0 Å². The van der Waals surface area contributed by atoms with Gasteiger partial charge in [0.15, 0.2) is 0 Å². The Bertz CT molecular complexity index is 131. The van der Waals surface area contributed by atoms with E-state index in [1.807, 2.05) is 7.05 Å². The molecule has 3 nitrogen and oxygen atoms in total. The van der Waals surface area contributed by atoms with Gasteiger partial charge in [-0.15, -0.1) is 0 Å². The molecule has 0 amide bonds. The van der Waals surface area contributed by atoms with Crippen LogP contribution in [0.3, 0.4) is 0 Å². The molecule has 1 rings (SSSR count). The van der Waals surface area contributed by atoms with E-state index in [1.165, 1.54) is 18.7 Å². The molecular weight excluding hydrogens is 138 g/mol. The Balaban J connectivity index is 2.09. The number of rotatable bonds is 4. The van der Waals surface area contributed by atoms with Gasteiger partial charge in [0.05, 0.1) is 5.84 Å². The van der Waals surface area contributed by atoms with Crippen molar-refractivity contribution in [2.45, 2.75) is 19.3 Å². The van der Waals surface area contributed by atoms with Crippen LogP contribution in [0.25, 0.3) is 0 Å². The Labute approximate surface area is 68.3 Å². The molecular formula is C8H17N3. The van der Waals surface area contributed by atoms with E-state index >= 15 is 0 Å². The highest BCUT2D eigenvalue weighted by Crippen LogP contribution is 1.95. The van der Waals surface area contributed by atoms with Crippen molar-refractivity contribution in [2.24, 2.45) is 4.99 Å². The summed E-state index contributed by atoms with van der Waals surface area (Å²) in [5.41, 5.74) is 0. The van der Waals surface area contributed by atoms with Crippen molar-refractivity contribution >= 4 is 5.84 Å². The SMILES string of the molecule is CNCCCC1=NCCCN1. The Kier molecular flexibility index (Phi) is 3.98. The molecule has 0 aromatic heterocycles. The van der Waals surface area contributed by atoms with Crippen LogP contribution < -0.4 is 10.6 Å². The van der Waals surface area contributed by atoms with E-state index in [1.54, 1.807) is 0 Å². The number of nitrogens with zero attached hydrogens (tertiary/aromatic N) is 1. The van der Waals surface area contributed by atoms with Gasteiger partial charge in [-0.1, -0.05) is 0 Å². The van der Waals surface area contributed by atoms with Crippen LogP contribution in [0, 0.1) is 0 Å². The Hall–Kier alpha value is -0.570. The largest absolute Gasteiger partial charge is 0.374 e. The second-order valence-electron chi connectivity index (χ2n) is 2.82. The molecule has 0 aromatic rings. The lowest BCUT2D eigenvalue weighted by molar-refractivity contribution is 0.693. The van der Waals surface area contributed by atoms with Crippen LogP contribution in [0.1, 0.15) is 19.3 Å². The molecule has 0 aromatic carbocycles. The van der Waals surface area contributed by atoms with Gasteiger partial charge in [0, 0.05) is 19.5 Å². The van der Waals surface area contributed by atoms with Crippen LogP contribution in [0.2, 0.25) is 0 Å². The molecule has 1 heterocycles. The van der Waals surface area contributed by atoms with Crippen molar-refractivity contribution in [2.75, 3.05) is 26.7 Å². The third-order valence-electron chi connectivity index (χ3n) is 1.81. The molecule has 0 radical (unpaired) electrons. The van der Waals surface area contributed by atoms with Crippen LogP contribution in [-0.4, -0.2) is 32.5 Å². The highest BCUT2D eigenvalue weighted by molar-refractivity contribution is 5.82. The molecule has 3 heteroatoms. The molecule has 0 fully saturated rings. The Morgan fingerprint density at radius 3 is 3.18 bits per heavy atom. The number of nitrogens with one attached hydrogen (secondary N) is 2. The lowest BCUT2D eigenvalue weighted by atomic mass is 10.2. The molecule has 11 heavy (non-hydrogen) atoms. The maximum atomic E-state index is 4.38. The second-order valence-corrected chi connectivity index (χ2v) is 2.82. The van der Waals surface area contributed by atoms with Gasteiger partial charge < -0.3 is 10.6 Å². The van der Waals surface area contributed by atoms with Gasteiger partial charge in [-0.2, -0.15) is 0 Å². The first-order chi connectivity index (χ1) is 5.43. The molecule has 0 unspecified atom stereocenters. The molecule has 0 spiro atoms. The van der Waals surface area contributed by atoms with Crippen molar-refractivity contribution in [3.05, 3.63) is 0 Å². The van der Waals surface area contributed by atoms with E-state index in [4.69, 9.17) is 0 Å². The van der Waals surface area contributed by atoms with E-state index in [0.29, 0.717) is 0 Å². The van der Waals surface area contributed by atoms with E-state index in [9.17, 15) is 0 Å². The second kappa shape index (κ2) is 5.13. The highest BCUT2D eigenvalue weighted by Gasteiger charge is 2.01. The summed E-state index contributed by atoms with van der Waals surface area (Å²) in [5.74, 6) is 1.20. The zero-order valence-corrected chi connectivity index (χ0v) is 7.19. The summed E-state index contributed by atoms with van der Waals surface area (Å²) in [7, 11) is 1.98. The molecule has 0 saturated carbocycles. The molecule has 64 valence electrons. The van der Waals surface area contributed by atoms with Gasteiger partial charge in [0.25, 0.3) is 0 Å². The maximum Gasteiger partial charge on any atom is 0.0963 e. The van der Waals surface area contributed by atoms with E-state index in [-0.39, 0.29) is 0 Å². The quantitative estimate of drug-likeness (QED) is 0.576. The minimum atomic E-state index is 1.02. The van der Waals surface area contributed by atoms with Gasteiger partial charge in [-0.3, -0.25) is 4.99 Å². The highest BCUT2D eigenvalue weighted by atomic mass is 15.0. The van der Waals surface area contributed by atoms with Crippen molar-refractivity contribution in [3.8, 4) is 0 Å². The first-order valence-corrected chi connectivity index (χ1v) is 4.35. The summed E-state index contributed by atoms with van der Waals surface area (Å²) >= 11 is 0. The smallest absolute Gasteiger partial charge is 0.0963 e. The zero-order valence-electron chi connectivity index (χ0n) is 7.19. The minimum Gasteiger partial charge on any atom is -0.374 e. The number of amidine groups is 1. The molecule has 1 aliphatic heterocycles. The normalized spacial score (nSPS) is 17.4. The van der Waals surface area contributed by atoms with Crippen molar-refractivity contribution in [1.29, 1.82) is 0 Å². The lowest BCUT2D eigenvalue weighted by Gasteiger charge is -2.13. The molecule has 0 atom stereocenters. The van der Waals surface area contributed by atoms with Gasteiger partial charge in [-0.05, 0) is 26.4 Å². The molecule has 0 saturated heterocycles. The summed E-state index contributed by atoms with van der Waals surface area (Å²) in [4.78, 5) is 4.38. The molecule has 1 aliphatic rings. The van der Waals surface area contributed by atoms with Crippen LogP contribution in [0.15, 0.2) is 4.99 Å². The third kappa shape index (κ3) is 3.37. The Morgan fingerprint density at radius 1 is 1.64 bits per heavy atom. The fourth-order valence-electron chi connectivity index (χ4n) is 1.18. The summed E-state index contributed by atoms with van der Waals surface area (Å²) in [6.45, 7) is 3.21. The lowest BCUT2D eigenvalue weighted by Crippen LogP contribution is -2.29. The van der Waals surface area contributed by atoms with Gasteiger partial charge in [0.2, 0.25) is 0 Å². The summed E-state index contributed by atoms with van der Waals surface area (Å²) in [5, 5.41) is 6.42. The average molecular weight is 155 g/mol. The number of hydrogen-bond donors (Lipinski definition) is 2. The van der Waals surface area contributed by atoms with Gasteiger partial charge >= 0.3 is 0 Å². The topological polar surface area (TPSA) is 36.4 Å². The van der Waals surface area contributed by atoms with E-state index < -0.39 is 0 Å². The Morgan fingerprint density at radius 2 is 2.55 bits per heavy atom. The van der Waals surface area contributed by atoms with Crippen molar-refractivity contribution < 1.29 is 0 Å². The summed E-state index contributed by atoms with van der Waals surface area (Å²) in [6.07, 6.45) is 3.47. The van der Waals surface area contributed by atoms with Crippen LogP contribution >= 0.6 is 0 Å². The van der Waals surface area contributed by atoms with Crippen LogP contribution in [0.5, 0.6) is 0 Å². The monoisotopic (exact) mass is 155 g/mol. The predicted molar refractivity (Wildman–Crippen MR) is 48.1 cm³/mol. The van der Waals surface area contributed by atoms with Gasteiger partial charge in [0.1, 0.15) is 0 Å². The fraction of sp³-hybridized carbons (Fsp3) is 0.875. The summed E-state index contributed by atoms with van der Waals surface area (Å²) in [6, 6.07) is 0. The first kappa shape index (κ1) is 8.53. The molecule has 0 aliphatic carbocycles. The maximum absolute atomic E-state index is 4.38. The third-order valence-corrected chi connectivity index (χ3v) is 1.81.